The molecule has 0 saturated heterocycles. The topological polar surface area (TPSA) is 78.4 Å². The minimum absolute atomic E-state index is 0.0596. The highest BCUT2D eigenvalue weighted by Crippen LogP contribution is 2.23. The summed E-state index contributed by atoms with van der Waals surface area (Å²) in [5.41, 5.74) is 2.80. The van der Waals surface area contributed by atoms with Crippen LogP contribution in [-0.2, 0) is 11.2 Å². The maximum Gasteiger partial charge on any atom is 0.305 e. The second kappa shape index (κ2) is 5.94. The first-order chi connectivity index (χ1) is 9.47. The van der Waals surface area contributed by atoms with Crippen LogP contribution in [0, 0.1) is 5.92 Å². The van der Waals surface area contributed by atoms with E-state index < -0.39 is 5.97 Å². The predicted molar refractivity (Wildman–Crippen MR) is 77.0 cm³/mol. The van der Waals surface area contributed by atoms with Crippen molar-refractivity contribution >= 4 is 17.6 Å². The van der Waals surface area contributed by atoms with E-state index >= 15 is 0 Å². The van der Waals surface area contributed by atoms with Crippen molar-refractivity contribution < 1.29 is 14.7 Å². The van der Waals surface area contributed by atoms with E-state index in [1.165, 1.54) is 0 Å². The van der Waals surface area contributed by atoms with Crippen molar-refractivity contribution in [3.8, 4) is 0 Å². The summed E-state index contributed by atoms with van der Waals surface area (Å²) in [7, 11) is 0. The van der Waals surface area contributed by atoms with Crippen LogP contribution in [0.4, 0.5) is 5.69 Å². The Labute approximate surface area is 118 Å². The number of carboxylic acid groups (broad SMARTS) is 1. The first-order valence-electron chi connectivity index (χ1n) is 6.87. The number of hydrogen-bond acceptors (Lipinski definition) is 3. The zero-order chi connectivity index (χ0) is 14.7. The summed E-state index contributed by atoms with van der Waals surface area (Å²) in [6, 6.07) is 5.19. The Hall–Kier alpha value is -2.04. The highest BCUT2D eigenvalue weighted by atomic mass is 16.4. The molecule has 1 aliphatic heterocycles. The van der Waals surface area contributed by atoms with E-state index in [0.29, 0.717) is 5.56 Å². The van der Waals surface area contributed by atoms with Crippen LogP contribution in [0.5, 0.6) is 0 Å². The number of anilines is 1. The number of rotatable bonds is 5. The number of nitrogens with one attached hydrogen (secondary N) is 2. The Bertz CT molecular complexity index is 526. The van der Waals surface area contributed by atoms with Crippen LogP contribution in [0.25, 0.3) is 0 Å². The number of aliphatic carboxylic acids is 1. The van der Waals surface area contributed by atoms with Gasteiger partial charge in [-0.15, -0.1) is 0 Å². The largest absolute Gasteiger partial charge is 0.481 e. The number of carbonyl (C=O) groups is 2. The third-order valence-corrected chi connectivity index (χ3v) is 3.59. The lowest BCUT2D eigenvalue weighted by Crippen LogP contribution is -2.40. The van der Waals surface area contributed by atoms with Crippen LogP contribution in [-0.4, -0.2) is 29.6 Å². The van der Waals surface area contributed by atoms with Crippen LogP contribution in [0.2, 0.25) is 0 Å². The zero-order valence-corrected chi connectivity index (χ0v) is 11.8. The molecule has 3 N–H and O–H groups in total. The van der Waals surface area contributed by atoms with Crippen LogP contribution < -0.4 is 10.6 Å². The average Bonchev–Trinajstić information content (AvgIpc) is 2.84. The van der Waals surface area contributed by atoms with E-state index in [9.17, 15) is 9.59 Å². The molecule has 0 aromatic heterocycles. The van der Waals surface area contributed by atoms with Gasteiger partial charge in [-0.05, 0) is 36.1 Å². The summed E-state index contributed by atoms with van der Waals surface area (Å²) in [6.07, 6.45) is 0.856. The van der Waals surface area contributed by atoms with Gasteiger partial charge in [0.05, 0.1) is 6.42 Å². The maximum atomic E-state index is 12.2. The number of carbonyl (C=O) groups excluding carboxylic acids is 1. The zero-order valence-electron chi connectivity index (χ0n) is 11.8. The van der Waals surface area contributed by atoms with E-state index in [4.69, 9.17) is 5.11 Å². The lowest BCUT2D eigenvalue weighted by molar-refractivity contribution is -0.137. The minimum atomic E-state index is -0.901. The SMILES string of the molecule is CC(C)C(CC(=O)O)NC(=O)c1ccc2c(c1)CCN2. The average molecular weight is 276 g/mol. The Morgan fingerprint density at radius 3 is 2.80 bits per heavy atom. The standard InChI is InChI=1S/C15H20N2O3/c1-9(2)13(8-14(18)19)17-15(20)11-3-4-12-10(7-11)5-6-16-12/h3-4,7,9,13,16H,5-6,8H2,1-2H3,(H,17,20)(H,18,19). The van der Waals surface area contributed by atoms with Crippen LogP contribution in [0.1, 0.15) is 36.2 Å². The summed E-state index contributed by atoms with van der Waals surface area (Å²) in [6.45, 7) is 4.70. The first kappa shape index (κ1) is 14.4. The molecule has 0 spiro atoms. The van der Waals surface area contributed by atoms with Gasteiger partial charge >= 0.3 is 5.97 Å². The van der Waals surface area contributed by atoms with Gasteiger partial charge in [-0.25, -0.2) is 0 Å². The predicted octanol–water partition coefficient (Wildman–Crippen LogP) is 1.88. The molecule has 1 aromatic rings. The molecule has 1 unspecified atom stereocenters. The van der Waals surface area contributed by atoms with Crippen molar-refractivity contribution in [2.24, 2.45) is 5.92 Å². The van der Waals surface area contributed by atoms with Crippen LogP contribution >= 0.6 is 0 Å². The van der Waals surface area contributed by atoms with Crippen molar-refractivity contribution in [2.75, 3.05) is 11.9 Å². The fraction of sp³-hybridized carbons (Fsp3) is 0.467. The normalized spacial score (nSPS) is 14.6. The van der Waals surface area contributed by atoms with E-state index in [0.717, 1.165) is 24.2 Å². The molecule has 0 radical (unpaired) electrons. The van der Waals surface area contributed by atoms with Crippen molar-refractivity contribution in [1.29, 1.82) is 0 Å². The van der Waals surface area contributed by atoms with Gasteiger partial charge < -0.3 is 15.7 Å². The van der Waals surface area contributed by atoms with Gasteiger partial charge in [0.1, 0.15) is 0 Å². The van der Waals surface area contributed by atoms with E-state index in [2.05, 4.69) is 10.6 Å². The molecule has 0 bridgehead atoms. The summed E-state index contributed by atoms with van der Waals surface area (Å²) >= 11 is 0. The Balaban J connectivity index is 2.08. The van der Waals surface area contributed by atoms with Gasteiger partial charge in [-0.3, -0.25) is 9.59 Å². The molecule has 1 amide bonds. The highest BCUT2D eigenvalue weighted by Gasteiger charge is 2.21. The molecule has 1 atom stereocenters. The van der Waals surface area contributed by atoms with Crippen molar-refractivity contribution in [3.63, 3.8) is 0 Å². The monoisotopic (exact) mass is 276 g/mol. The summed E-state index contributed by atoms with van der Waals surface area (Å²) < 4.78 is 0. The van der Waals surface area contributed by atoms with Crippen molar-refractivity contribution in [3.05, 3.63) is 29.3 Å². The van der Waals surface area contributed by atoms with E-state index in [-0.39, 0.29) is 24.3 Å². The van der Waals surface area contributed by atoms with Gasteiger partial charge in [0.15, 0.2) is 0 Å². The number of fused-ring (bicyclic) bond motifs is 1. The molecule has 0 fully saturated rings. The molecule has 20 heavy (non-hydrogen) atoms. The third kappa shape index (κ3) is 3.29. The van der Waals surface area contributed by atoms with Gasteiger partial charge in [0, 0.05) is 23.8 Å². The second-order valence-corrected chi connectivity index (χ2v) is 5.47. The molecule has 5 nitrogen and oxygen atoms in total. The van der Waals surface area contributed by atoms with Crippen LogP contribution in [0.3, 0.4) is 0 Å². The molecule has 1 aliphatic rings. The minimum Gasteiger partial charge on any atom is -0.481 e. The van der Waals surface area contributed by atoms with Gasteiger partial charge in [0.25, 0.3) is 5.91 Å². The smallest absolute Gasteiger partial charge is 0.305 e. The van der Waals surface area contributed by atoms with E-state index in [1.807, 2.05) is 26.0 Å². The fourth-order valence-corrected chi connectivity index (χ4v) is 2.34. The highest BCUT2D eigenvalue weighted by molar-refractivity contribution is 5.95. The Morgan fingerprint density at radius 1 is 1.40 bits per heavy atom. The molecule has 2 rings (SSSR count). The number of amides is 1. The van der Waals surface area contributed by atoms with Gasteiger partial charge in [-0.2, -0.15) is 0 Å². The van der Waals surface area contributed by atoms with Crippen molar-refractivity contribution in [1.82, 2.24) is 5.32 Å². The summed E-state index contributed by atoms with van der Waals surface area (Å²) in [5, 5.41) is 14.9. The molecular weight excluding hydrogens is 256 g/mol. The Morgan fingerprint density at radius 2 is 2.15 bits per heavy atom. The summed E-state index contributed by atoms with van der Waals surface area (Å²) in [4.78, 5) is 23.0. The van der Waals surface area contributed by atoms with Gasteiger partial charge in [0.2, 0.25) is 0 Å². The number of hydrogen-bond donors (Lipinski definition) is 3. The van der Waals surface area contributed by atoms with Crippen molar-refractivity contribution in [2.45, 2.75) is 32.7 Å². The molecule has 108 valence electrons. The quantitative estimate of drug-likeness (QED) is 0.767. The molecule has 5 heteroatoms. The molecule has 0 aliphatic carbocycles. The van der Waals surface area contributed by atoms with E-state index in [1.54, 1.807) is 6.07 Å². The molecular formula is C15H20N2O3. The number of benzene rings is 1. The lowest BCUT2D eigenvalue weighted by Gasteiger charge is -2.20. The number of carboxylic acids is 1. The molecule has 1 aromatic carbocycles. The molecule has 0 saturated carbocycles. The molecule has 1 heterocycles. The summed E-state index contributed by atoms with van der Waals surface area (Å²) in [5.74, 6) is -1.03. The maximum absolute atomic E-state index is 12.2. The Kier molecular flexibility index (Phi) is 4.27. The third-order valence-electron chi connectivity index (χ3n) is 3.59. The second-order valence-electron chi connectivity index (χ2n) is 5.47. The van der Waals surface area contributed by atoms with Gasteiger partial charge in [-0.1, -0.05) is 13.8 Å². The van der Waals surface area contributed by atoms with Crippen LogP contribution in [0.15, 0.2) is 18.2 Å². The first-order valence-corrected chi connectivity index (χ1v) is 6.87. The lowest BCUT2D eigenvalue weighted by atomic mass is 10.00. The fourth-order valence-electron chi connectivity index (χ4n) is 2.34.